The summed E-state index contributed by atoms with van der Waals surface area (Å²) in [6.45, 7) is 1.11. The van der Waals surface area contributed by atoms with Gasteiger partial charge in [-0.05, 0) is 18.2 Å². The van der Waals surface area contributed by atoms with Crippen molar-refractivity contribution in [1.29, 1.82) is 0 Å². The number of amides is 1. The van der Waals surface area contributed by atoms with Crippen molar-refractivity contribution in [3.8, 4) is 17.4 Å². The fourth-order valence-corrected chi connectivity index (χ4v) is 2.23. The molecule has 0 saturated carbocycles. The SMILES string of the molecule is COc1cccc(OCC(=O)N2CC(Oc3ccccn3)C2)c1. The maximum atomic E-state index is 12.0. The fraction of sp³-hybridized carbons (Fsp3) is 0.294. The molecule has 2 aromatic rings. The van der Waals surface area contributed by atoms with Crippen LogP contribution in [0, 0.1) is 0 Å². The quantitative estimate of drug-likeness (QED) is 0.813. The number of hydrogen-bond acceptors (Lipinski definition) is 5. The van der Waals surface area contributed by atoms with E-state index in [1.807, 2.05) is 24.3 Å². The number of carbonyl (C=O) groups excluding carboxylic acids is 1. The molecule has 0 spiro atoms. The van der Waals surface area contributed by atoms with Crippen molar-refractivity contribution >= 4 is 5.91 Å². The summed E-state index contributed by atoms with van der Waals surface area (Å²) in [5, 5.41) is 0. The molecule has 3 rings (SSSR count). The van der Waals surface area contributed by atoms with Gasteiger partial charge in [0.2, 0.25) is 5.88 Å². The molecule has 0 aliphatic carbocycles. The van der Waals surface area contributed by atoms with Gasteiger partial charge in [0, 0.05) is 18.3 Å². The first-order chi connectivity index (χ1) is 11.2. The predicted molar refractivity (Wildman–Crippen MR) is 83.7 cm³/mol. The number of hydrogen-bond donors (Lipinski definition) is 0. The number of ether oxygens (including phenoxy) is 3. The van der Waals surface area contributed by atoms with Gasteiger partial charge in [-0.3, -0.25) is 4.79 Å². The zero-order valence-corrected chi connectivity index (χ0v) is 12.8. The van der Waals surface area contributed by atoms with E-state index in [1.165, 1.54) is 0 Å². The normalized spacial score (nSPS) is 14.0. The highest BCUT2D eigenvalue weighted by Crippen LogP contribution is 2.20. The van der Waals surface area contributed by atoms with Gasteiger partial charge < -0.3 is 19.1 Å². The van der Waals surface area contributed by atoms with Crippen molar-refractivity contribution in [3.63, 3.8) is 0 Å². The zero-order chi connectivity index (χ0) is 16.1. The van der Waals surface area contributed by atoms with E-state index in [0.29, 0.717) is 30.5 Å². The molecule has 1 amide bonds. The van der Waals surface area contributed by atoms with Crippen LogP contribution in [0.15, 0.2) is 48.7 Å². The Labute approximate surface area is 134 Å². The van der Waals surface area contributed by atoms with Crippen molar-refractivity contribution in [2.24, 2.45) is 0 Å². The summed E-state index contributed by atoms with van der Waals surface area (Å²) in [4.78, 5) is 17.9. The molecule has 1 fully saturated rings. The summed E-state index contributed by atoms with van der Waals surface area (Å²) < 4.78 is 16.3. The summed E-state index contributed by atoms with van der Waals surface area (Å²) in [6, 6.07) is 12.7. The summed E-state index contributed by atoms with van der Waals surface area (Å²) in [5.74, 6) is 1.83. The Morgan fingerprint density at radius 1 is 1.22 bits per heavy atom. The van der Waals surface area contributed by atoms with Crippen LogP contribution >= 0.6 is 0 Å². The second-order valence-corrected chi connectivity index (χ2v) is 5.17. The molecule has 23 heavy (non-hydrogen) atoms. The molecule has 6 heteroatoms. The standard InChI is InChI=1S/C17H18N2O4/c1-21-13-5-4-6-14(9-13)22-12-17(20)19-10-15(11-19)23-16-7-2-3-8-18-16/h2-9,15H,10-12H2,1H3. The molecule has 120 valence electrons. The molecule has 1 aromatic carbocycles. The Hall–Kier alpha value is -2.76. The van der Waals surface area contributed by atoms with E-state index in [0.717, 1.165) is 0 Å². The second-order valence-electron chi connectivity index (χ2n) is 5.17. The van der Waals surface area contributed by atoms with Gasteiger partial charge in [-0.25, -0.2) is 4.98 Å². The van der Waals surface area contributed by atoms with Crippen LogP contribution in [0.1, 0.15) is 0 Å². The summed E-state index contributed by atoms with van der Waals surface area (Å²) in [6.07, 6.45) is 1.67. The van der Waals surface area contributed by atoms with E-state index >= 15 is 0 Å². The maximum Gasteiger partial charge on any atom is 0.260 e. The van der Waals surface area contributed by atoms with Crippen LogP contribution in [0.3, 0.4) is 0 Å². The Bertz CT molecular complexity index is 657. The minimum absolute atomic E-state index is 0.00345. The van der Waals surface area contributed by atoms with E-state index < -0.39 is 0 Å². The number of likely N-dealkylation sites (tertiary alicyclic amines) is 1. The van der Waals surface area contributed by atoms with Gasteiger partial charge in [0.25, 0.3) is 5.91 Å². The third-order valence-electron chi connectivity index (χ3n) is 3.53. The van der Waals surface area contributed by atoms with Crippen molar-refractivity contribution in [3.05, 3.63) is 48.7 Å². The molecule has 1 aromatic heterocycles. The molecule has 0 bridgehead atoms. The summed E-state index contributed by atoms with van der Waals surface area (Å²) in [5.41, 5.74) is 0. The van der Waals surface area contributed by atoms with Gasteiger partial charge >= 0.3 is 0 Å². The van der Waals surface area contributed by atoms with E-state index in [2.05, 4.69) is 4.98 Å². The minimum Gasteiger partial charge on any atom is -0.497 e. The number of pyridine rings is 1. The highest BCUT2D eigenvalue weighted by molar-refractivity contribution is 5.78. The van der Waals surface area contributed by atoms with Crippen LogP contribution in [0.5, 0.6) is 17.4 Å². The van der Waals surface area contributed by atoms with Crippen molar-refractivity contribution in [1.82, 2.24) is 9.88 Å². The van der Waals surface area contributed by atoms with Gasteiger partial charge in [0.05, 0.1) is 20.2 Å². The highest BCUT2D eigenvalue weighted by atomic mass is 16.5. The van der Waals surface area contributed by atoms with Gasteiger partial charge in [-0.2, -0.15) is 0 Å². The third-order valence-corrected chi connectivity index (χ3v) is 3.53. The van der Waals surface area contributed by atoms with E-state index in [-0.39, 0.29) is 18.6 Å². The first-order valence-electron chi connectivity index (χ1n) is 7.37. The number of benzene rings is 1. The van der Waals surface area contributed by atoms with Crippen LogP contribution in [0.4, 0.5) is 0 Å². The molecule has 0 unspecified atom stereocenters. The minimum atomic E-state index is -0.0614. The lowest BCUT2D eigenvalue weighted by molar-refractivity contribution is -0.142. The average Bonchev–Trinajstić information content (AvgIpc) is 2.56. The molecule has 0 radical (unpaired) electrons. The number of nitrogens with zero attached hydrogens (tertiary/aromatic N) is 2. The predicted octanol–water partition coefficient (Wildman–Crippen LogP) is 1.76. The first kappa shape index (κ1) is 15.1. The number of aromatic nitrogens is 1. The lowest BCUT2D eigenvalue weighted by atomic mass is 10.1. The van der Waals surface area contributed by atoms with Gasteiger partial charge in [0.1, 0.15) is 17.6 Å². The molecule has 1 saturated heterocycles. The Kier molecular flexibility index (Phi) is 4.61. The monoisotopic (exact) mass is 314 g/mol. The lowest BCUT2D eigenvalue weighted by Crippen LogP contribution is -2.57. The van der Waals surface area contributed by atoms with Crippen LogP contribution in [0.25, 0.3) is 0 Å². The number of carbonyl (C=O) groups is 1. The Morgan fingerprint density at radius 2 is 2.04 bits per heavy atom. The molecule has 6 nitrogen and oxygen atoms in total. The van der Waals surface area contributed by atoms with Crippen molar-refractivity contribution in [2.75, 3.05) is 26.8 Å². The molecular formula is C17H18N2O4. The summed E-state index contributed by atoms with van der Waals surface area (Å²) in [7, 11) is 1.59. The van der Waals surface area contributed by atoms with Gasteiger partial charge in [0.15, 0.2) is 6.61 Å². The Balaban J connectivity index is 1.42. The second kappa shape index (κ2) is 7.00. The molecule has 0 N–H and O–H groups in total. The molecule has 1 aliphatic rings. The lowest BCUT2D eigenvalue weighted by Gasteiger charge is -2.38. The van der Waals surface area contributed by atoms with Crippen molar-refractivity contribution < 1.29 is 19.0 Å². The molecule has 0 atom stereocenters. The number of methoxy groups -OCH3 is 1. The fourth-order valence-electron chi connectivity index (χ4n) is 2.23. The highest BCUT2D eigenvalue weighted by Gasteiger charge is 2.32. The van der Waals surface area contributed by atoms with Crippen molar-refractivity contribution in [2.45, 2.75) is 6.10 Å². The first-order valence-corrected chi connectivity index (χ1v) is 7.37. The van der Waals surface area contributed by atoms with Crippen LogP contribution in [-0.2, 0) is 4.79 Å². The largest absolute Gasteiger partial charge is 0.497 e. The zero-order valence-electron chi connectivity index (χ0n) is 12.8. The van der Waals surface area contributed by atoms with E-state index in [9.17, 15) is 4.79 Å². The van der Waals surface area contributed by atoms with E-state index in [1.54, 1.807) is 36.4 Å². The summed E-state index contributed by atoms with van der Waals surface area (Å²) >= 11 is 0. The van der Waals surface area contributed by atoms with Crippen LogP contribution < -0.4 is 14.2 Å². The number of rotatable bonds is 6. The topological polar surface area (TPSA) is 60.9 Å². The van der Waals surface area contributed by atoms with Gasteiger partial charge in [-0.15, -0.1) is 0 Å². The molecule has 1 aliphatic heterocycles. The van der Waals surface area contributed by atoms with Crippen LogP contribution in [-0.4, -0.2) is 48.7 Å². The van der Waals surface area contributed by atoms with Gasteiger partial charge in [-0.1, -0.05) is 12.1 Å². The average molecular weight is 314 g/mol. The van der Waals surface area contributed by atoms with Crippen LogP contribution in [0.2, 0.25) is 0 Å². The molecule has 2 heterocycles. The smallest absolute Gasteiger partial charge is 0.260 e. The molecular weight excluding hydrogens is 296 g/mol. The third kappa shape index (κ3) is 3.91. The van der Waals surface area contributed by atoms with E-state index in [4.69, 9.17) is 14.2 Å². The Morgan fingerprint density at radius 3 is 2.78 bits per heavy atom. The maximum absolute atomic E-state index is 12.0.